The number of aromatic nitrogens is 2. The fourth-order valence-corrected chi connectivity index (χ4v) is 6.94. The van der Waals surface area contributed by atoms with Gasteiger partial charge in [0, 0.05) is 24.7 Å². The number of likely N-dealkylation sites (tertiary alicyclic amines) is 1. The van der Waals surface area contributed by atoms with Crippen molar-refractivity contribution in [3.8, 4) is 5.69 Å². The van der Waals surface area contributed by atoms with Crippen LogP contribution < -0.4 is 21.7 Å². The van der Waals surface area contributed by atoms with Crippen LogP contribution in [0.25, 0.3) is 5.69 Å². The Morgan fingerprint density at radius 3 is 2.43 bits per heavy atom. The van der Waals surface area contributed by atoms with E-state index in [2.05, 4.69) is 25.9 Å². The molecule has 2 aromatic carbocycles. The van der Waals surface area contributed by atoms with Crippen LogP contribution in [0.15, 0.2) is 60.8 Å². The summed E-state index contributed by atoms with van der Waals surface area (Å²) < 4.78 is 6.91. The Balaban J connectivity index is 1.04. The SMILES string of the molecule is Nc1c(C(=O)NCc2ccc(C(=O)N[C@@H](CCC3CCCCC3)C(=O)NC3CCCN(C4COC4)C3)cc2)cnn1-c1ccccc1. The van der Waals surface area contributed by atoms with Gasteiger partial charge in [-0.1, -0.05) is 62.4 Å². The highest BCUT2D eigenvalue weighted by atomic mass is 16.5. The molecular formula is C36H47N7O4. The minimum absolute atomic E-state index is 0.0726. The molecule has 0 spiro atoms. The molecule has 1 saturated carbocycles. The smallest absolute Gasteiger partial charge is 0.256 e. The number of rotatable bonds is 12. The summed E-state index contributed by atoms with van der Waals surface area (Å²) >= 11 is 0. The number of para-hydroxylation sites is 1. The molecule has 3 fully saturated rings. The third kappa shape index (κ3) is 8.39. The maximum Gasteiger partial charge on any atom is 0.256 e. The number of anilines is 1. The van der Waals surface area contributed by atoms with E-state index in [9.17, 15) is 14.4 Å². The third-order valence-corrected chi connectivity index (χ3v) is 9.87. The van der Waals surface area contributed by atoms with Crippen molar-refractivity contribution in [1.82, 2.24) is 30.6 Å². The van der Waals surface area contributed by atoms with Gasteiger partial charge in [-0.05, 0) is 68.0 Å². The Kier molecular flexibility index (Phi) is 10.8. The van der Waals surface area contributed by atoms with Crippen LogP contribution in [0, 0.1) is 5.92 Å². The molecule has 3 amide bonds. The Morgan fingerprint density at radius 2 is 1.70 bits per heavy atom. The molecule has 1 unspecified atom stereocenters. The molecule has 250 valence electrons. The number of carbonyl (C=O) groups is 3. The van der Waals surface area contributed by atoms with E-state index in [4.69, 9.17) is 10.5 Å². The van der Waals surface area contributed by atoms with Crippen LogP contribution in [0.5, 0.6) is 0 Å². The first kappa shape index (κ1) is 32.7. The quantitative estimate of drug-likeness (QED) is 0.235. The number of nitrogen functional groups attached to an aromatic ring is 1. The van der Waals surface area contributed by atoms with E-state index in [0.717, 1.165) is 56.8 Å². The summed E-state index contributed by atoms with van der Waals surface area (Å²) in [5.41, 5.74) is 8.58. The monoisotopic (exact) mass is 641 g/mol. The van der Waals surface area contributed by atoms with Gasteiger partial charge in [0.15, 0.2) is 0 Å². The van der Waals surface area contributed by atoms with Crippen LogP contribution in [-0.2, 0) is 16.1 Å². The topological polar surface area (TPSA) is 144 Å². The molecule has 6 rings (SSSR count). The van der Waals surface area contributed by atoms with Crippen molar-refractivity contribution in [1.29, 1.82) is 0 Å². The Hall–Kier alpha value is -4.22. The summed E-state index contributed by atoms with van der Waals surface area (Å²) in [6.07, 6.45) is 11.2. The van der Waals surface area contributed by atoms with Crippen molar-refractivity contribution < 1.29 is 19.1 Å². The van der Waals surface area contributed by atoms with Crippen molar-refractivity contribution in [2.45, 2.75) is 82.5 Å². The first-order valence-corrected chi connectivity index (χ1v) is 17.1. The maximum atomic E-state index is 13.6. The lowest BCUT2D eigenvalue weighted by atomic mass is 9.85. The number of hydrogen-bond acceptors (Lipinski definition) is 7. The van der Waals surface area contributed by atoms with E-state index in [1.165, 1.54) is 43.0 Å². The van der Waals surface area contributed by atoms with Gasteiger partial charge in [0.05, 0.1) is 31.1 Å². The van der Waals surface area contributed by atoms with Crippen molar-refractivity contribution in [3.63, 3.8) is 0 Å². The predicted octanol–water partition coefficient (Wildman–Crippen LogP) is 3.82. The highest BCUT2D eigenvalue weighted by Crippen LogP contribution is 2.28. The molecule has 2 aliphatic heterocycles. The average Bonchev–Trinajstić information content (AvgIpc) is 3.47. The molecule has 11 nitrogen and oxygen atoms in total. The van der Waals surface area contributed by atoms with Crippen molar-refractivity contribution in [2.75, 3.05) is 32.0 Å². The van der Waals surface area contributed by atoms with Gasteiger partial charge < -0.3 is 26.4 Å². The van der Waals surface area contributed by atoms with E-state index < -0.39 is 6.04 Å². The molecule has 3 aliphatic rings. The number of carbonyl (C=O) groups excluding carboxylic acids is 3. The van der Waals surface area contributed by atoms with E-state index in [1.54, 1.807) is 12.1 Å². The molecular weight excluding hydrogens is 594 g/mol. The van der Waals surface area contributed by atoms with E-state index >= 15 is 0 Å². The molecule has 11 heteroatoms. The van der Waals surface area contributed by atoms with E-state index in [0.29, 0.717) is 29.5 Å². The van der Waals surface area contributed by atoms with Crippen LogP contribution in [-0.4, -0.2) is 76.8 Å². The zero-order valence-electron chi connectivity index (χ0n) is 27.0. The van der Waals surface area contributed by atoms with Gasteiger partial charge in [-0.15, -0.1) is 0 Å². The second-order valence-electron chi connectivity index (χ2n) is 13.2. The molecule has 1 aromatic heterocycles. The molecule has 0 bridgehead atoms. The number of piperidine rings is 1. The Morgan fingerprint density at radius 1 is 0.936 bits per heavy atom. The molecule has 3 heterocycles. The first-order valence-electron chi connectivity index (χ1n) is 17.1. The van der Waals surface area contributed by atoms with E-state index in [-0.39, 0.29) is 36.1 Å². The van der Waals surface area contributed by atoms with Gasteiger partial charge in [-0.3, -0.25) is 19.3 Å². The van der Waals surface area contributed by atoms with Gasteiger partial charge in [-0.25, -0.2) is 4.68 Å². The number of nitrogens with two attached hydrogens (primary N) is 1. The summed E-state index contributed by atoms with van der Waals surface area (Å²) in [5, 5.41) is 13.5. The second kappa shape index (κ2) is 15.6. The number of amides is 3. The molecule has 2 atom stereocenters. The van der Waals surface area contributed by atoms with Crippen LogP contribution >= 0.6 is 0 Å². The Labute approximate surface area is 276 Å². The Bertz CT molecular complexity index is 1500. The largest absolute Gasteiger partial charge is 0.383 e. The standard InChI is InChI=1S/C36H47N7O4/c37-33-31(21-39-43(33)29-11-5-2-6-12-29)35(45)38-20-26-13-16-27(17-14-26)34(44)41-32(18-15-25-8-3-1-4-9-25)36(46)40-28-10-7-19-42(22-28)30-23-47-24-30/h2,5-6,11-14,16-17,21,25,28,30,32H,1,3-4,7-10,15,18-20,22-24,37H2,(H,38,45)(H,40,46)(H,41,44)/t28?,32-/m0/s1. The molecule has 0 radical (unpaired) electrons. The van der Waals surface area contributed by atoms with E-state index in [1.807, 2.05) is 42.5 Å². The lowest BCUT2D eigenvalue weighted by Crippen LogP contribution is -2.58. The number of nitrogens with zero attached hydrogens (tertiary/aromatic N) is 3. The highest BCUT2D eigenvalue weighted by Gasteiger charge is 2.32. The first-order chi connectivity index (χ1) is 22.9. The van der Waals surface area contributed by atoms with Crippen LogP contribution in [0.3, 0.4) is 0 Å². The highest BCUT2D eigenvalue weighted by molar-refractivity contribution is 5.99. The van der Waals surface area contributed by atoms with Crippen LogP contribution in [0.2, 0.25) is 0 Å². The van der Waals surface area contributed by atoms with Crippen molar-refractivity contribution in [3.05, 3.63) is 77.5 Å². The number of nitrogens with one attached hydrogen (secondary N) is 3. The molecule has 2 saturated heterocycles. The van der Waals surface area contributed by atoms with Gasteiger partial charge in [-0.2, -0.15) is 5.10 Å². The summed E-state index contributed by atoms with van der Waals surface area (Å²) in [6, 6.07) is 16.4. The van der Waals surface area contributed by atoms with Crippen molar-refractivity contribution in [2.24, 2.45) is 5.92 Å². The normalized spacial score (nSPS) is 19.8. The van der Waals surface area contributed by atoms with Crippen LogP contribution in [0.4, 0.5) is 5.82 Å². The van der Waals surface area contributed by atoms with Gasteiger partial charge in [0.2, 0.25) is 5.91 Å². The van der Waals surface area contributed by atoms with Gasteiger partial charge in [0.1, 0.15) is 17.4 Å². The fraction of sp³-hybridized carbons (Fsp3) is 0.500. The molecule has 47 heavy (non-hydrogen) atoms. The van der Waals surface area contributed by atoms with Gasteiger partial charge in [0.25, 0.3) is 11.8 Å². The number of benzene rings is 2. The second-order valence-corrected chi connectivity index (χ2v) is 13.2. The molecule has 3 aromatic rings. The summed E-state index contributed by atoms with van der Waals surface area (Å²) in [5.74, 6) is 0.164. The zero-order chi connectivity index (χ0) is 32.6. The minimum atomic E-state index is -0.590. The number of ether oxygens (including phenoxy) is 1. The minimum Gasteiger partial charge on any atom is -0.383 e. The molecule has 1 aliphatic carbocycles. The maximum absolute atomic E-state index is 13.6. The summed E-state index contributed by atoms with van der Waals surface area (Å²) in [6.45, 7) is 3.65. The predicted molar refractivity (Wildman–Crippen MR) is 180 cm³/mol. The van der Waals surface area contributed by atoms with Crippen LogP contribution in [0.1, 0.15) is 84.1 Å². The lowest BCUT2D eigenvalue weighted by molar-refractivity contribution is -0.125. The third-order valence-electron chi connectivity index (χ3n) is 9.87. The number of hydrogen-bond donors (Lipinski definition) is 4. The summed E-state index contributed by atoms with van der Waals surface area (Å²) in [7, 11) is 0. The zero-order valence-corrected chi connectivity index (χ0v) is 27.0. The van der Waals surface area contributed by atoms with Gasteiger partial charge >= 0.3 is 0 Å². The lowest BCUT2D eigenvalue weighted by Gasteiger charge is -2.42. The summed E-state index contributed by atoms with van der Waals surface area (Å²) in [4.78, 5) is 42.3. The fourth-order valence-electron chi connectivity index (χ4n) is 6.94. The van der Waals surface area contributed by atoms with Crippen molar-refractivity contribution >= 4 is 23.5 Å². The average molecular weight is 642 g/mol. The molecule has 5 N–H and O–H groups in total.